The van der Waals surface area contributed by atoms with Gasteiger partial charge in [0.25, 0.3) is 0 Å². The van der Waals surface area contributed by atoms with Crippen LogP contribution < -0.4 is 15.6 Å². The highest BCUT2D eigenvalue weighted by Crippen LogP contribution is 2.32. The van der Waals surface area contributed by atoms with Crippen molar-refractivity contribution < 1.29 is 22.3 Å². The van der Waals surface area contributed by atoms with Gasteiger partial charge in [-0.1, -0.05) is 19.9 Å². The van der Waals surface area contributed by atoms with Gasteiger partial charge in [0.1, 0.15) is 0 Å². The zero-order chi connectivity index (χ0) is 25.7. The summed E-state index contributed by atoms with van der Waals surface area (Å²) < 4.78 is 58.6. The SMILES string of the molecule is CC(C)c1nc(/C=N/Nc2ncc(F)c(N3CCOCC3)n2)ccc1Nc1cccc(C(F)(F)F)c1. The fraction of sp³-hybridized carbons (Fsp3) is 0.333. The normalized spacial score (nSPS) is 14.5. The standard InChI is InChI=1S/C24H25F4N7O/c1-15(2)21-20(31-17-5-3-4-16(12-17)24(26,27)28)7-6-18(32-21)13-30-34-23-29-14-19(25)22(33-23)35-8-10-36-11-9-35/h3-7,12-15,31H,8-11H2,1-2H3,(H,29,33,34)/b30-13+. The molecule has 0 spiro atoms. The number of rotatable bonds is 7. The maximum Gasteiger partial charge on any atom is 0.416 e. The smallest absolute Gasteiger partial charge is 0.378 e. The summed E-state index contributed by atoms with van der Waals surface area (Å²) in [4.78, 5) is 14.5. The maximum absolute atomic E-state index is 14.2. The quantitative estimate of drug-likeness (QED) is 0.261. The number of hydrogen-bond acceptors (Lipinski definition) is 8. The number of nitrogens with zero attached hydrogens (tertiary/aromatic N) is 5. The Morgan fingerprint density at radius 1 is 1.11 bits per heavy atom. The largest absolute Gasteiger partial charge is 0.416 e. The average molecular weight is 504 g/mol. The lowest BCUT2D eigenvalue weighted by Crippen LogP contribution is -2.37. The van der Waals surface area contributed by atoms with Gasteiger partial charge >= 0.3 is 6.18 Å². The molecule has 12 heteroatoms. The molecule has 1 aliphatic heterocycles. The molecule has 4 rings (SSSR count). The molecule has 1 fully saturated rings. The number of morpholine rings is 1. The van der Waals surface area contributed by atoms with Gasteiger partial charge in [0.05, 0.1) is 48.3 Å². The Bertz CT molecular complexity index is 1230. The molecular weight excluding hydrogens is 478 g/mol. The predicted octanol–water partition coefficient (Wildman–Crippen LogP) is 5.18. The van der Waals surface area contributed by atoms with Crippen LogP contribution in [0.15, 0.2) is 47.7 Å². The Labute approximate surface area is 205 Å². The van der Waals surface area contributed by atoms with Gasteiger partial charge in [0.15, 0.2) is 11.6 Å². The first-order valence-electron chi connectivity index (χ1n) is 11.3. The van der Waals surface area contributed by atoms with Crippen LogP contribution in [0.3, 0.4) is 0 Å². The number of alkyl halides is 3. The minimum absolute atomic E-state index is 0.0175. The summed E-state index contributed by atoms with van der Waals surface area (Å²) in [6, 6.07) is 8.40. The number of benzene rings is 1. The molecule has 0 aliphatic carbocycles. The second kappa shape index (κ2) is 10.9. The second-order valence-electron chi connectivity index (χ2n) is 8.36. The monoisotopic (exact) mass is 503 g/mol. The van der Waals surface area contributed by atoms with Crippen molar-refractivity contribution in [1.82, 2.24) is 15.0 Å². The number of nitrogens with one attached hydrogen (secondary N) is 2. The molecule has 8 nitrogen and oxygen atoms in total. The van der Waals surface area contributed by atoms with Crippen molar-refractivity contribution in [3.8, 4) is 0 Å². The average Bonchev–Trinajstić information content (AvgIpc) is 2.86. The minimum atomic E-state index is -4.43. The third-order valence-corrected chi connectivity index (χ3v) is 5.36. The zero-order valence-corrected chi connectivity index (χ0v) is 19.7. The lowest BCUT2D eigenvalue weighted by Gasteiger charge is -2.27. The van der Waals surface area contributed by atoms with Crippen LogP contribution >= 0.6 is 0 Å². The number of hydrazone groups is 1. The first-order chi connectivity index (χ1) is 17.2. The van der Waals surface area contributed by atoms with Crippen molar-refractivity contribution in [3.63, 3.8) is 0 Å². The van der Waals surface area contributed by atoms with Crippen molar-refractivity contribution in [3.05, 3.63) is 65.4 Å². The number of anilines is 4. The number of halogens is 4. The molecule has 1 aliphatic rings. The van der Waals surface area contributed by atoms with Crippen LogP contribution in [0.4, 0.5) is 40.7 Å². The summed E-state index contributed by atoms with van der Waals surface area (Å²) in [7, 11) is 0. The third kappa shape index (κ3) is 6.25. The van der Waals surface area contributed by atoms with Crippen LogP contribution in [0.1, 0.15) is 36.7 Å². The summed E-state index contributed by atoms with van der Waals surface area (Å²) in [5, 5.41) is 7.13. The summed E-state index contributed by atoms with van der Waals surface area (Å²) in [5.74, 6) is -0.244. The molecule has 36 heavy (non-hydrogen) atoms. The lowest BCUT2D eigenvalue weighted by atomic mass is 10.1. The van der Waals surface area contributed by atoms with Crippen molar-refractivity contribution in [2.24, 2.45) is 5.10 Å². The molecular formula is C24H25F4N7O. The summed E-state index contributed by atoms with van der Waals surface area (Å²) in [6.07, 6.45) is -1.89. The second-order valence-corrected chi connectivity index (χ2v) is 8.36. The molecule has 190 valence electrons. The lowest BCUT2D eigenvalue weighted by molar-refractivity contribution is -0.137. The van der Waals surface area contributed by atoms with Crippen LogP contribution in [0.5, 0.6) is 0 Å². The number of hydrogen-bond donors (Lipinski definition) is 2. The zero-order valence-electron chi connectivity index (χ0n) is 19.7. The molecule has 0 bridgehead atoms. The van der Waals surface area contributed by atoms with E-state index < -0.39 is 17.6 Å². The van der Waals surface area contributed by atoms with E-state index in [0.717, 1.165) is 18.3 Å². The van der Waals surface area contributed by atoms with Gasteiger partial charge in [0.2, 0.25) is 5.95 Å². The Morgan fingerprint density at radius 2 is 1.89 bits per heavy atom. The number of aromatic nitrogens is 3. The highest BCUT2D eigenvalue weighted by atomic mass is 19.4. The predicted molar refractivity (Wildman–Crippen MR) is 129 cm³/mol. The number of ether oxygens (including phenoxy) is 1. The van der Waals surface area contributed by atoms with E-state index in [9.17, 15) is 17.6 Å². The Hall–Kier alpha value is -3.80. The van der Waals surface area contributed by atoms with Crippen LogP contribution in [0.25, 0.3) is 0 Å². The van der Waals surface area contributed by atoms with Crippen molar-refractivity contribution in [1.29, 1.82) is 0 Å². The van der Waals surface area contributed by atoms with Crippen LogP contribution in [-0.2, 0) is 10.9 Å². The molecule has 2 aromatic heterocycles. The molecule has 3 aromatic rings. The van der Waals surface area contributed by atoms with E-state index >= 15 is 0 Å². The van der Waals surface area contributed by atoms with Crippen molar-refractivity contribution >= 4 is 29.4 Å². The molecule has 2 N–H and O–H groups in total. The fourth-order valence-corrected chi connectivity index (χ4v) is 3.60. The van der Waals surface area contributed by atoms with E-state index in [1.165, 1.54) is 12.3 Å². The summed E-state index contributed by atoms with van der Waals surface area (Å²) >= 11 is 0. The van der Waals surface area contributed by atoms with E-state index in [-0.39, 0.29) is 17.7 Å². The molecule has 0 unspecified atom stereocenters. The molecule has 0 atom stereocenters. The van der Waals surface area contributed by atoms with Gasteiger partial charge in [-0.25, -0.2) is 19.8 Å². The number of pyridine rings is 1. The van der Waals surface area contributed by atoms with Gasteiger partial charge in [-0.05, 0) is 36.2 Å². The Morgan fingerprint density at radius 3 is 2.61 bits per heavy atom. The maximum atomic E-state index is 14.2. The van der Waals surface area contributed by atoms with E-state index in [4.69, 9.17) is 4.74 Å². The molecule has 0 amide bonds. The van der Waals surface area contributed by atoms with Gasteiger partial charge in [-0.15, -0.1) is 0 Å². The summed E-state index contributed by atoms with van der Waals surface area (Å²) in [6.45, 7) is 5.90. The van der Waals surface area contributed by atoms with E-state index in [2.05, 4.69) is 30.8 Å². The minimum Gasteiger partial charge on any atom is -0.378 e. The molecule has 0 saturated carbocycles. The highest BCUT2D eigenvalue weighted by Gasteiger charge is 2.30. The van der Waals surface area contributed by atoms with Crippen molar-refractivity contribution in [2.75, 3.05) is 41.9 Å². The molecule has 1 aromatic carbocycles. The van der Waals surface area contributed by atoms with Crippen LogP contribution in [0, 0.1) is 5.82 Å². The van der Waals surface area contributed by atoms with E-state index in [1.807, 2.05) is 13.8 Å². The summed E-state index contributed by atoms with van der Waals surface area (Å²) in [5.41, 5.74) is 4.01. The molecule has 1 saturated heterocycles. The highest BCUT2D eigenvalue weighted by molar-refractivity contribution is 5.79. The van der Waals surface area contributed by atoms with Crippen LogP contribution in [-0.4, -0.2) is 47.5 Å². The first kappa shape index (κ1) is 25.3. The van der Waals surface area contributed by atoms with Gasteiger partial charge in [-0.2, -0.15) is 23.3 Å². The third-order valence-electron chi connectivity index (χ3n) is 5.36. The topological polar surface area (TPSA) is 87.6 Å². The van der Waals surface area contributed by atoms with Gasteiger partial charge in [0, 0.05) is 18.8 Å². The van der Waals surface area contributed by atoms with Crippen LogP contribution in [0.2, 0.25) is 0 Å². The van der Waals surface area contributed by atoms with Crippen molar-refractivity contribution in [2.45, 2.75) is 25.9 Å². The first-order valence-corrected chi connectivity index (χ1v) is 11.3. The van der Waals surface area contributed by atoms with E-state index in [0.29, 0.717) is 49.1 Å². The molecule has 3 heterocycles. The van der Waals surface area contributed by atoms with Gasteiger partial charge in [-0.3, -0.25) is 0 Å². The Kier molecular flexibility index (Phi) is 7.63. The van der Waals surface area contributed by atoms with Gasteiger partial charge < -0.3 is 15.0 Å². The molecule has 0 radical (unpaired) electrons. The van der Waals surface area contributed by atoms with E-state index in [1.54, 1.807) is 23.1 Å². The Balaban J connectivity index is 1.48. The fourth-order valence-electron chi connectivity index (χ4n) is 3.60.